The van der Waals surface area contributed by atoms with E-state index in [4.69, 9.17) is 9.47 Å². The van der Waals surface area contributed by atoms with E-state index in [0.29, 0.717) is 17.2 Å². The zero-order chi connectivity index (χ0) is 12.3. The molecule has 6 heteroatoms. The summed E-state index contributed by atoms with van der Waals surface area (Å²) in [5, 5.41) is 2.63. The van der Waals surface area contributed by atoms with Crippen LogP contribution in [0.1, 0.15) is 0 Å². The second-order valence-electron chi connectivity index (χ2n) is 3.33. The van der Waals surface area contributed by atoms with Crippen molar-refractivity contribution in [3.63, 3.8) is 0 Å². The van der Waals surface area contributed by atoms with Gasteiger partial charge in [-0.3, -0.25) is 4.79 Å². The molecule has 1 heterocycles. The standard InChI is InChI=1S/C11H11NO5/c1-15-10(14)6-17-8-4-2-3-7-11(8)12-9(13)5-16-7/h2-4H,5-6H2,1H3,(H,12,13). The summed E-state index contributed by atoms with van der Waals surface area (Å²) in [6.45, 7) is -0.240. The molecule has 0 aromatic heterocycles. The summed E-state index contributed by atoms with van der Waals surface area (Å²) in [5.41, 5.74) is 0.438. The maximum Gasteiger partial charge on any atom is 0.343 e. The lowest BCUT2D eigenvalue weighted by atomic mass is 10.2. The second-order valence-corrected chi connectivity index (χ2v) is 3.33. The fraction of sp³-hybridized carbons (Fsp3) is 0.273. The highest BCUT2D eigenvalue weighted by atomic mass is 16.6. The average Bonchev–Trinajstić information content (AvgIpc) is 2.35. The maximum absolute atomic E-state index is 11.2. The van der Waals surface area contributed by atoms with Gasteiger partial charge in [0.05, 0.1) is 7.11 Å². The average molecular weight is 237 g/mol. The number of para-hydroxylation sites is 1. The van der Waals surface area contributed by atoms with E-state index < -0.39 is 5.97 Å². The molecule has 1 aromatic rings. The van der Waals surface area contributed by atoms with Crippen LogP contribution in [-0.2, 0) is 14.3 Å². The molecule has 1 aliphatic rings. The van der Waals surface area contributed by atoms with Gasteiger partial charge in [-0.1, -0.05) is 6.07 Å². The molecule has 0 fully saturated rings. The Kier molecular flexibility index (Phi) is 3.13. The molecule has 0 saturated carbocycles. The second kappa shape index (κ2) is 4.73. The Bertz CT molecular complexity index is 457. The minimum Gasteiger partial charge on any atom is -0.481 e. The molecule has 0 saturated heterocycles. The third-order valence-electron chi connectivity index (χ3n) is 2.18. The number of benzene rings is 1. The summed E-state index contributed by atoms with van der Waals surface area (Å²) in [7, 11) is 1.27. The van der Waals surface area contributed by atoms with Gasteiger partial charge in [0, 0.05) is 0 Å². The first kappa shape index (κ1) is 11.3. The molecule has 1 N–H and O–H groups in total. The van der Waals surface area contributed by atoms with Crippen LogP contribution in [0, 0.1) is 0 Å². The largest absolute Gasteiger partial charge is 0.481 e. The molecule has 1 amide bonds. The van der Waals surface area contributed by atoms with Crippen LogP contribution < -0.4 is 14.8 Å². The number of fused-ring (bicyclic) bond motifs is 1. The Balaban J connectivity index is 2.17. The van der Waals surface area contributed by atoms with Crippen molar-refractivity contribution in [1.82, 2.24) is 0 Å². The summed E-state index contributed by atoms with van der Waals surface area (Å²) in [5.74, 6) is 0.144. The van der Waals surface area contributed by atoms with Crippen molar-refractivity contribution in [2.45, 2.75) is 0 Å². The fourth-order valence-electron chi connectivity index (χ4n) is 1.39. The quantitative estimate of drug-likeness (QED) is 0.778. The molecule has 0 spiro atoms. The molecule has 1 aliphatic heterocycles. The van der Waals surface area contributed by atoms with E-state index >= 15 is 0 Å². The van der Waals surface area contributed by atoms with Gasteiger partial charge in [-0.15, -0.1) is 0 Å². The zero-order valence-corrected chi connectivity index (χ0v) is 9.19. The molecular weight excluding hydrogens is 226 g/mol. The first-order chi connectivity index (χ1) is 8.20. The van der Waals surface area contributed by atoms with Crippen molar-refractivity contribution in [3.05, 3.63) is 18.2 Å². The minimum absolute atomic E-state index is 0.0204. The molecule has 90 valence electrons. The van der Waals surface area contributed by atoms with Crippen molar-refractivity contribution in [2.24, 2.45) is 0 Å². The van der Waals surface area contributed by atoms with Gasteiger partial charge in [0.1, 0.15) is 17.2 Å². The van der Waals surface area contributed by atoms with Gasteiger partial charge in [0.2, 0.25) is 0 Å². The van der Waals surface area contributed by atoms with Gasteiger partial charge >= 0.3 is 5.97 Å². The number of hydrogen-bond donors (Lipinski definition) is 1. The Labute approximate surface area is 97.5 Å². The van der Waals surface area contributed by atoms with E-state index in [1.54, 1.807) is 18.2 Å². The van der Waals surface area contributed by atoms with Crippen LogP contribution >= 0.6 is 0 Å². The SMILES string of the molecule is COC(=O)COc1cccc2c1NC(=O)CO2. The summed E-state index contributed by atoms with van der Waals surface area (Å²) >= 11 is 0. The molecule has 0 radical (unpaired) electrons. The summed E-state index contributed by atoms with van der Waals surface area (Å²) in [6, 6.07) is 5.05. The van der Waals surface area contributed by atoms with E-state index in [2.05, 4.69) is 10.1 Å². The fourth-order valence-corrected chi connectivity index (χ4v) is 1.39. The lowest BCUT2D eigenvalue weighted by molar-refractivity contribution is -0.142. The van der Waals surface area contributed by atoms with E-state index in [-0.39, 0.29) is 19.1 Å². The summed E-state index contributed by atoms with van der Waals surface area (Å²) in [6.07, 6.45) is 0. The molecule has 17 heavy (non-hydrogen) atoms. The van der Waals surface area contributed by atoms with Crippen molar-refractivity contribution in [1.29, 1.82) is 0 Å². The number of amides is 1. The zero-order valence-electron chi connectivity index (χ0n) is 9.19. The topological polar surface area (TPSA) is 73.9 Å². The normalized spacial score (nSPS) is 13.1. The molecule has 1 aromatic carbocycles. The number of carbonyl (C=O) groups excluding carboxylic acids is 2. The number of anilines is 1. The van der Waals surface area contributed by atoms with Crippen LogP contribution in [0.2, 0.25) is 0 Å². The third kappa shape index (κ3) is 2.47. The predicted octanol–water partition coefficient (Wildman–Crippen LogP) is 0.569. The van der Waals surface area contributed by atoms with Gasteiger partial charge in [-0.2, -0.15) is 0 Å². The van der Waals surface area contributed by atoms with E-state index in [1.807, 2.05) is 0 Å². The highest BCUT2D eigenvalue weighted by Gasteiger charge is 2.20. The van der Waals surface area contributed by atoms with Gasteiger partial charge in [0.25, 0.3) is 5.91 Å². The number of ether oxygens (including phenoxy) is 3. The number of carbonyl (C=O) groups is 2. The lowest BCUT2D eigenvalue weighted by Crippen LogP contribution is -2.26. The molecule has 0 aliphatic carbocycles. The van der Waals surface area contributed by atoms with E-state index in [0.717, 1.165) is 0 Å². The van der Waals surface area contributed by atoms with Crippen molar-refractivity contribution >= 4 is 17.6 Å². The Morgan fingerprint density at radius 3 is 3.12 bits per heavy atom. The summed E-state index contributed by atoms with van der Waals surface area (Å²) in [4.78, 5) is 22.1. The number of rotatable bonds is 3. The van der Waals surface area contributed by atoms with Gasteiger partial charge in [-0.05, 0) is 12.1 Å². The van der Waals surface area contributed by atoms with Gasteiger partial charge < -0.3 is 19.5 Å². The van der Waals surface area contributed by atoms with Gasteiger partial charge in [0.15, 0.2) is 13.2 Å². The number of nitrogens with one attached hydrogen (secondary N) is 1. The number of esters is 1. The molecule has 6 nitrogen and oxygen atoms in total. The van der Waals surface area contributed by atoms with Crippen LogP contribution in [0.4, 0.5) is 5.69 Å². The molecule has 2 rings (SSSR count). The third-order valence-corrected chi connectivity index (χ3v) is 2.18. The van der Waals surface area contributed by atoms with Crippen LogP contribution in [0.25, 0.3) is 0 Å². The highest BCUT2D eigenvalue weighted by Crippen LogP contribution is 2.36. The Hall–Kier alpha value is -2.24. The number of hydrogen-bond acceptors (Lipinski definition) is 5. The van der Waals surface area contributed by atoms with Crippen molar-refractivity contribution < 1.29 is 23.8 Å². The smallest absolute Gasteiger partial charge is 0.343 e. The van der Waals surface area contributed by atoms with E-state index in [1.165, 1.54) is 7.11 Å². The molecule has 0 unspecified atom stereocenters. The Morgan fingerprint density at radius 1 is 1.53 bits per heavy atom. The molecule has 0 bridgehead atoms. The van der Waals surface area contributed by atoms with Crippen molar-refractivity contribution in [2.75, 3.05) is 25.6 Å². The Morgan fingerprint density at radius 2 is 2.35 bits per heavy atom. The highest BCUT2D eigenvalue weighted by molar-refractivity contribution is 5.97. The van der Waals surface area contributed by atoms with Crippen LogP contribution in [-0.4, -0.2) is 32.2 Å². The van der Waals surface area contributed by atoms with Crippen molar-refractivity contribution in [3.8, 4) is 11.5 Å². The monoisotopic (exact) mass is 237 g/mol. The minimum atomic E-state index is -0.495. The predicted molar refractivity (Wildman–Crippen MR) is 58.1 cm³/mol. The van der Waals surface area contributed by atoms with Gasteiger partial charge in [-0.25, -0.2) is 4.79 Å². The van der Waals surface area contributed by atoms with Crippen LogP contribution in [0.3, 0.4) is 0 Å². The van der Waals surface area contributed by atoms with E-state index in [9.17, 15) is 9.59 Å². The molecular formula is C11H11NO5. The maximum atomic E-state index is 11.2. The summed E-state index contributed by atoms with van der Waals surface area (Å²) < 4.78 is 14.9. The molecule has 0 atom stereocenters. The lowest BCUT2D eigenvalue weighted by Gasteiger charge is -2.20. The van der Waals surface area contributed by atoms with Crippen LogP contribution in [0.15, 0.2) is 18.2 Å². The first-order valence-electron chi connectivity index (χ1n) is 4.96. The number of methoxy groups -OCH3 is 1. The first-order valence-corrected chi connectivity index (χ1v) is 4.96. The van der Waals surface area contributed by atoms with Crippen LogP contribution in [0.5, 0.6) is 11.5 Å².